The van der Waals surface area contributed by atoms with E-state index in [2.05, 4.69) is 10.2 Å². The van der Waals surface area contributed by atoms with Crippen molar-refractivity contribution in [1.29, 1.82) is 0 Å². The third-order valence-electron chi connectivity index (χ3n) is 0.377. The molecule has 0 saturated carbocycles. The highest BCUT2D eigenvalue weighted by atomic mass is 35.6. The molecule has 8 heteroatoms. The number of hydrogen-bond donors (Lipinski definition) is 2. The molecule has 0 unspecified atom stereocenters. The Bertz CT molecular complexity index is 155. The van der Waals surface area contributed by atoms with E-state index in [0.29, 0.717) is 0 Å². The van der Waals surface area contributed by atoms with Crippen LogP contribution in [0, 0.1) is 0 Å². The van der Waals surface area contributed by atoms with E-state index in [9.17, 15) is 0 Å². The van der Waals surface area contributed by atoms with Gasteiger partial charge in [0, 0.05) is 0 Å². The maximum absolute atomic E-state index is 5.25. The summed E-state index contributed by atoms with van der Waals surface area (Å²) in [4.78, 5) is 0. The van der Waals surface area contributed by atoms with Crippen LogP contribution in [-0.4, -0.2) is 16.0 Å². The summed E-state index contributed by atoms with van der Waals surface area (Å²) in [5, 5.41) is 6.46. The van der Waals surface area contributed by atoms with Gasteiger partial charge in [-0.1, -0.05) is 34.8 Å². The first kappa shape index (κ1) is 13.7. The highest BCUT2D eigenvalue weighted by Crippen LogP contribution is 2.22. The first-order chi connectivity index (χ1) is 4.42. The molecule has 0 aromatic heterocycles. The van der Waals surface area contributed by atoms with Gasteiger partial charge in [0.15, 0.2) is 0 Å². The van der Waals surface area contributed by atoms with Crippen LogP contribution >= 0.6 is 47.2 Å². The molecule has 0 aliphatic carbocycles. The summed E-state index contributed by atoms with van der Waals surface area (Å²) in [6.45, 7) is 0. The number of nitrogens with two attached hydrogens (primary N) is 2. The first-order valence-corrected chi connectivity index (χ1v) is 3.25. The highest BCUT2D eigenvalue weighted by molar-refractivity contribution is 6.74. The van der Waals surface area contributed by atoms with E-state index in [0.717, 1.165) is 6.21 Å². The molecule has 0 aliphatic rings. The fourth-order valence-electron chi connectivity index (χ4n) is 0.161. The average Bonchev–Trinajstić information content (AvgIpc) is 1.59. The van der Waals surface area contributed by atoms with Gasteiger partial charge in [-0.25, -0.2) is 0 Å². The lowest BCUT2D eigenvalue weighted by Crippen LogP contribution is -2.22. The molecule has 11 heavy (non-hydrogen) atoms. The van der Waals surface area contributed by atoms with Crippen molar-refractivity contribution in [3.05, 3.63) is 0 Å². The van der Waals surface area contributed by atoms with Gasteiger partial charge in [0.25, 0.3) is 0 Å². The molecule has 0 atom stereocenters. The molecular weight excluding hydrogens is 234 g/mol. The van der Waals surface area contributed by atoms with Gasteiger partial charge in [-0.2, -0.15) is 5.10 Å². The van der Waals surface area contributed by atoms with Crippen LogP contribution in [0.5, 0.6) is 0 Å². The van der Waals surface area contributed by atoms with Crippen molar-refractivity contribution in [2.75, 3.05) is 0 Å². The molecule has 0 aliphatic heterocycles. The number of hydrogen-bond acceptors (Lipinski definition) is 2. The van der Waals surface area contributed by atoms with E-state index in [4.69, 9.17) is 46.3 Å². The van der Waals surface area contributed by atoms with E-state index in [1.165, 1.54) is 0 Å². The van der Waals surface area contributed by atoms with Gasteiger partial charge in [0.05, 0.1) is 6.21 Å². The summed E-state index contributed by atoms with van der Waals surface area (Å²) < 4.78 is -1.56. The van der Waals surface area contributed by atoms with Crippen LogP contribution in [0.3, 0.4) is 0 Å². The molecule has 0 radical (unpaired) electrons. The zero-order valence-electron chi connectivity index (χ0n) is 5.17. The van der Waals surface area contributed by atoms with Crippen LogP contribution in [0.4, 0.5) is 0 Å². The zero-order valence-corrected chi connectivity index (χ0v) is 8.25. The minimum absolute atomic E-state index is 0. The van der Waals surface area contributed by atoms with Gasteiger partial charge in [-0.05, 0) is 0 Å². The fourth-order valence-corrected chi connectivity index (χ4v) is 0.292. The summed E-state index contributed by atoms with van der Waals surface area (Å²) in [6.07, 6.45) is 0.984. The number of halogens is 4. The third kappa shape index (κ3) is 13.1. The second-order valence-corrected chi connectivity index (χ2v) is 3.68. The Morgan fingerprint density at radius 1 is 1.27 bits per heavy atom. The number of guanidine groups is 1. The Labute approximate surface area is 85.0 Å². The second kappa shape index (κ2) is 5.71. The molecule has 0 bridgehead atoms. The molecule has 0 amide bonds. The molecule has 0 spiro atoms. The summed E-state index contributed by atoms with van der Waals surface area (Å²) >= 11 is 15.7. The monoisotopic (exact) mass is 238 g/mol. The Balaban J connectivity index is 0. The van der Waals surface area contributed by atoms with Crippen molar-refractivity contribution in [2.24, 2.45) is 21.7 Å². The Hall–Kier alpha value is 0.1000. The van der Waals surface area contributed by atoms with Crippen molar-refractivity contribution < 1.29 is 0 Å². The molecule has 4 N–H and O–H groups in total. The fraction of sp³-hybridized carbons (Fsp3) is 0.333. The Kier molecular flexibility index (Phi) is 7.10. The quantitative estimate of drug-likeness (QED) is 0.311. The summed E-state index contributed by atoms with van der Waals surface area (Å²) in [5.41, 5.74) is 9.81. The van der Waals surface area contributed by atoms with Gasteiger partial charge >= 0.3 is 0 Å². The van der Waals surface area contributed by atoms with Crippen molar-refractivity contribution in [3.8, 4) is 0 Å². The molecule has 0 rings (SSSR count). The minimum Gasteiger partial charge on any atom is -0.369 e. The largest absolute Gasteiger partial charge is 0.369 e. The first-order valence-electron chi connectivity index (χ1n) is 2.11. The second-order valence-electron chi connectivity index (χ2n) is 1.31. The predicted molar refractivity (Wildman–Crippen MR) is 51.8 cm³/mol. The van der Waals surface area contributed by atoms with Crippen LogP contribution in [0.15, 0.2) is 10.2 Å². The van der Waals surface area contributed by atoms with E-state index >= 15 is 0 Å². The highest BCUT2D eigenvalue weighted by Gasteiger charge is 2.14. The van der Waals surface area contributed by atoms with Crippen LogP contribution < -0.4 is 11.5 Å². The van der Waals surface area contributed by atoms with Gasteiger partial charge < -0.3 is 11.5 Å². The summed E-state index contributed by atoms with van der Waals surface area (Å²) in [6, 6.07) is 0. The van der Waals surface area contributed by atoms with Crippen LogP contribution in [0.2, 0.25) is 0 Å². The molecule has 0 saturated heterocycles. The van der Waals surface area contributed by atoms with Crippen LogP contribution in [-0.2, 0) is 0 Å². The topological polar surface area (TPSA) is 76.8 Å². The minimum atomic E-state index is -1.56. The maximum Gasteiger partial charge on any atom is 0.227 e. The number of nitrogens with zero attached hydrogens (tertiary/aromatic N) is 2. The van der Waals surface area contributed by atoms with E-state index in [-0.39, 0.29) is 18.4 Å². The van der Waals surface area contributed by atoms with Gasteiger partial charge in [0.1, 0.15) is 0 Å². The lowest BCUT2D eigenvalue weighted by Gasteiger charge is -1.98. The number of rotatable bonds is 1. The van der Waals surface area contributed by atoms with Crippen molar-refractivity contribution in [1.82, 2.24) is 0 Å². The predicted octanol–water partition coefficient (Wildman–Crippen LogP) is 1.04. The normalized spacial score (nSPS) is 10.8. The zero-order chi connectivity index (χ0) is 8.20. The maximum atomic E-state index is 5.25. The molecule has 0 fully saturated rings. The van der Waals surface area contributed by atoms with E-state index in [1.54, 1.807) is 0 Å². The van der Waals surface area contributed by atoms with E-state index in [1.807, 2.05) is 0 Å². The molecule has 4 nitrogen and oxygen atoms in total. The Morgan fingerprint density at radius 3 is 2.00 bits per heavy atom. The van der Waals surface area contributed by atoms with Gasteiger partial charge in [0.2, 0.25) is 9.75 Å². The van der Waals surface area contributed by atoms with Gasteiger partial charge in [-0.15, -0.1) is 17.5 Å². The standard InChI is InChI=1S/C3H5Cl3N4.ClH/c4-3(5,6)1-9-10-2(7)8;/h1H,(H4,7,8,10);1H/b9-1+;. The lowest BCUT2D eigenvalue weighted by atomic mass is 10.9. The molecule has 0 aromatic rings. The van der Waals surface area contributed by atoms with Crippen LogP contribution in [0.1, 0.15) is 0 Å². The molecular formula is C3H6Cl4N4. The SMILES string of the molecule is Cl.NC(N)=N/N=C/C(Cl)(Cl)Cl. The Morgan fingerprint density at radius 2 is 1.73 bits per heavy atom. The molecule has 0 heterocycles. The number of alkyl halides is 3. The molecule has 0 aromatic carbocycles. The summed E-state index contributed by atoms with van der Waals surface area (Å²) in [5.74, 6) is -0.189. The van der Waals surface area contributed by atoms with Crippen LogP contribution in [0.25, 0.3) is 0 Å². The van der Waals surface area contributed by atoms with Gasteiger partial charge in [-0.3, -0.25) is 0 Å². The lowest BCUT2D eigenvalue weighted by molar-refractivity contribution is 1.20. The molecule has 66 valence electrons. The summed E-state index contributed by atoms with van der Waals surface area (Å²) in [7, 11) is 0. The van der Waals surface area contributed by atoms with Crippen molar-refractivity contribution in [2.45, 2.75) is 3.79 Å². The third-order valence-corrected chi connectivity index (χ3v) is 0.670. The smallest absolute Gasteiger partial charge is 0.227 e. The van der Waals surface area contributed by atoms with Crippen molar-refractivity contribution >= 4 is 59.4 Å². The van der Waals surface area contributed by atoms with E-state index < -0.39 is 3.79 Å². The average molecular weight is 240 g/mol. The van der Waals surface area contributed by atoms with Crippen molar-refractivity contribution in [3.63, 3.8) is 0 Å².